The van der Waals surface area contributed by atoms with E-state index in [-0.39, 0.29) is 0 Å². The summed E-state index contributed by atoms with van der Waals surface area (Å²) in [7, 11) is 3.28. The maximum absolute atomic E-state index is 5.48. The van der Waals surface area contributed by atoms with E-state index in [4.69, 9.17) is 9.47 Å². The fourth-order valence-electron chi connectivity index (χ4n) is 4.00. The smallest absolute Gasteiger partial charge is 0.162 e. The van der Waals surface area contributed by atoms with Crippen LogP contribution < -0.4 is 14.4 Å². The Morgan fingerprint density at radius 2 is 1.81 bits per heavy atom. The normalized spacial score (nSPS) is 13.8. The van der Waals surface area contributed by atoms with Crippen LogP contribution in [0.1, 0.15) is 11.3 Å². The monoisotopic (exact) mass is 360 g/mol. The standard InChI is InChI=1S/C21H20N4O2/c1-26-19-9-15-17(10-20(19)27-2)22-12-23-21(15)25-8-7-14-13-5-3-4-6-16(13)24-18(14)11-25/h3-6,9-10,12,24H,7-8,11H2,1-2H3. The summed E-state index contributed by atoms with van der Waals surface area (Å²) in [6, 6.07) is 12.4. The number of nitrogens with one attached hydrogen (secondary N) is 1. The number of H-pyrrole nitrogens is 1. The van der Waals surface area contributed by atoms with Crippen molar-refractivity contribution >= 4 is 27.6 Å². The third-order valence-electron chi connectivity index (χ3n) is 5.30. The van der Waals surface area contributed by atoms with Crippen molar-refractivity contribution in [3.8, 4) is 11.5 Å². The molecule has 0 atom stereocenters. The number of hydrogen-bond donors (Lipinski definition) is 1. The maximum atomic E-state index is 5.48. The molecule has 0 bridgehead atoms. The van der Waals surface area contributed by atoms with Crippen LogP contribution in [0.15, 0.2) is 42.7 Å². The van der Waals surface area contributed by atoms with Crippen molar-refractivity contribution in [2.45, 2.75) is 13.0 Å². The first-order valence-electron chi connectivity index (χ1n) is 8.98. The van der Waals surface area contributed by atoms with E-state index in [9.17, 15) is 0 Å². The maximum Gasteiger partial charge on any atom is 0.162 e. The average Bonchev–Trinajstić information content (AvgIpc) is 3.10. The minimum absolute atomic E-state index is 0.672. The fraction of sp³-hybridized carbons (Fsp3) is 0.238. The Balaban J connectivity index is 1.59. The van der Waals surface area contributed by atoms with Crippen molar-refractivity contribution in [1.29, 1.82) is 0 Å². The molecule has 6 heteroatoms. The molecule has 4 aromatic rings. The predicted octanol–water partition coefficient (Wildman–Crippen LogP) is 3.69. The minimum Gasteiger partial charge on any atom is -0.493 e. The van der Waals surface area contributed by atoms with Gasteiger partial charge in [-0.2, -0.15) is 0 Å². The molecular formula is C21H20N4O2. The van der Waals surface area contributed by atoms with Crippen LogP contribution in [0.3, 0.4) is 0 Å². The lowest BCUT2D eigenvalue weighted by atomic mass is 10.0. The van der Waals surface area contributed by atoms with Crippen LogP contribution in [-0.2, 0) is 13.0 Å². The Kier molecular flexibility index (Phi) is 3.63. The molecule has 1 N–H and O–H groups in total. The van der Waals surface area contributed by atoms with Crippen LogP contribution >= 0.6 is 0 Å². The molecule has 0 saturated heterocycles. The van der Waals surface area contributed by atoms with Gasteiger partial charge in [-0.25, -0.2) is 9.97 Å². The Morgan fingerprint density at radius 3 is 2.67 bits per heavy atom. The van der Waals surface area contributed by atoms with E-state index in [1.807, 2.05) is 12.1 Å². The van der Waals surface area contributed by atoms with E-state index in [1.54, 1.807) is 20.5 Å². The van der Waals surface area contributed by atoms with Crippen molar-refractivity contribution in [3.63, 3.8) is 0 Å². The van der Waals surface area contributed by atoms with Gasteiger partial charge in [0.15, 0.2) is 11.5 Å². The molecule has 0 spiro atoms. The van der Waals surface area contributed by atoms with Gasteiger partial charge in [0.2, 0.25) is 0 Å². The average molecular weight is 360 g/mol. The largest absolute Gasteiger partial charge is 0.493 e. The summed E-state index contributed by atoms with van der Waals surface area (Å²) in [5, 5.41) is 2.29. The van der Waals surface area contributed by atoms with Crippen LogP contribution in [0, 0.1) is 0 Å². The lowest BCUT2D eigenvalue weighted by molar-refractivity contribution is 0.356. The lowest BCUT2D eigenvalue weighted by Gasteiger charge is -2.29. The second-order valence-electron chi connectivity index (χ2n) is 6.72. The van der Waals surface area contributed by atoms with Gasteiger partial charge in [-0.3, -0.25) is 0 Å². The summed E-state index contributed by atoms with van der Waals surface area (Å²) in [5.41, 5.74) is 4.72. The lowest BCUT2D eigenvalue weighted by Crippen LogP contribution is -2.31. The van der Waals surface area contributed by atoms with Gasteiger partial charge >= 0.3 is 0 Å². The number of rotatable bonds is 3. The van der Waals surface area contributed by atoms with Crippen LogP contribution in [0.5, 0.6) is 11.5 Å². The van der Waals surface area contributed by atoms with E-state index in [0.29, 0.717) is 11.5 Å². The number of fused-ring (bicyclic) bond motifs is 4. The van der Waals surface area contributed by atoms with Gasteiger partial charge in [0.05, 0.1) is 26.3 Å². The van der Waals surface area contributed by atoms with Gasteiger partial charge in [-0.15, -0.1) is 0 Å². The summed E-state index contributed by atoms with van der Waals surface area (Å²) >= 11 is 0. The van der Waals surface area contributed by atoms with Crippen molar-refractivity contribution in [2.24, 2.45) is 0 Å². The third-order valence-corrected chi connectivity index (χ3v) is 5.30. The molecular weight excluding hydrogens is 340 g/mol. The highest BCUT2D eigenvalue weighted by molar-refractivity contribution is 5.92. The van der Waals surface area contributed by atoms with Gasteiger partial charge in [-0.1, -0.05) is 18.2 Å². The summed E-state index contributed by atoms with van der Waals surface area (Å²) in [6.07, 6.45) is 2.60. The zero-order valence-corrected chi connectivity index (χ0v) is 15.3. The molecule has 0 radical (unpaired) electrons. The Bertz CT molecular complexity index is 1150. The number of para-hydroxylation sites is 1. The highest BCUT2D eigenvalue weighted by atomic mass is 16.5. The fourth-order valence-corrected chi connectivity index (χ4v) is 4.00. The number of ether oxygens (including phenoxy) is 2. The topological polar surface area (TPSA) is 63.3 Å². The van der Waals surface area contributed by atoms with Crippen LogP contribution in [0.2, 0.25) is 0 Å². The van der Waals surface area contributed by atoms with E-state index >= 15 is 0 Å². The number of hydrogen-bond acceptors (Lipinski definition) is 5. The van der Waals surface area contributed by atoms with E-state index < -0.39 is 0 Å². The third kappa shape index (κ3) is 2.48. The Labute approximate surface area is 156 Å². The molecule has 2 aromatic heterocycles. The molecule has 0 saturated carbocycles. The zero-order chi connectivity index (χ0) is 18.4. The first-order valence-corrected chi connectivity index (χ1v) is 8.98. The molecule has 136 valence electrons. The van der Waals surface area contributed by atoms with Gasteiger partial charge in [0.25, 0.3) is 0 Å². The van der Waals surface area contributed by atoms with Crippen molar-refractivity contribution in [2.75, 3.05) is 25.7 Å². The number of anilines is 1. The van der Waals surface area contributed by atoms with Crippen molar-refractivity contribution in [3.05, 3.63) is 54.0 Å². The second-order valence-corrected chi connectivity index (χ2v) is 6.72. The predicted molar refractivity (Wildman–Crippen MR) is 106 cm³/mol. The number of nitrogens with zero attached hydrogens (tertiary/aromatic N) is 3. The number of aromatic amines is 1. The van der Waals surface area contributed by atoms with E-state index in [0.717, 1.165) is 36.2 Å². The van der Waals surface area contributed by atoms with Crippen LogP contribution in [0.4, 0.5) is 5.82 Å². The molecule has 5 rings (SSSR count). The molecule has 0 aliphatic carbocycles. The molecule has 0 unspecified atom stereocenters. The summed E-state index contributed by atoms with van der Waals surface area (Å²) in [5.74, 6) is 2.28. The van der Waals surface area contributed by atoms with Gasteiger partial charge in [0.1, 0.15) is 12.1 Å². The van der Waals surface area contributed by atoms with Gasteiger partial charge in [-0.05, 0) is 24.1 Å². The number of aromatic nitrogens is 3. The highest BCUT2D eigenvalue weighted by Gasteiger charge is 2.23. The SMILES string of the molecule is COc1cc2ncnc(N3CCc4c([nH]c5ccccc45)C3)c2cc1OC. The second kappa shape index (κ2) is 6.16. The molecule has 2 aromatic carbocycles. The quantitative estimate of drug-likeness (QED) is 0.604. The number of methoxy groups -OCH3 is 2. The first kappa shape index (κ1) is 15.9. The first-order chi connectivity index (χ1) is 13.3. The van der Waals surface area contributed by atoms with Crippen LogP contribution in [-0.4, -0.2) is 35.7 Å². The molecule has 0 fully saturated rings. The molecule has 3 heterocycles. The Hall–Kier alpha value is -3.28. The molecule has 27 heavy (non-hydrogen) atoms. The summed E-state index contributed by atoms with van der Waals surface area (Å²) in [4.78, 5) is 14.9. The van der Waals surface area contributed by atoms with Crippen LogP contribution in [0.25, 0.3) is 21.8 Å². The zero-order valence-electron chi connectivity index (χ0n) is 15.3. The molecule has 0 amide bonds. The van der Waals surface area contributed by atoms with Crippen molar-refractivity contribution in [1.82, 2.24) is 15.0 Å². The molecule has 1 aliphatic rings. The van der Waals surface area contributed by atoms with Gasteiger partial charge < -0.3 is 19.4 Å². The highest BCUT2D eigenvalue weighted by Crippen LogP contribution is 2.36. The van der Waals surface area contributed by atoms with Gasteiger partial charge in [0, 0.05) is 34.6 Å². The van der Waals surface area contributed by atoms with E-state index in [1.165, 1.54) is 22.2 Å². The van der Waals surface area contributed by atoms with E-state index in [2.05, 4.69) is 44.1 Å². The summed E-state index contributed by atoms with van der Waals surface area (Å²) < 4.78 is 10.9. The summed E-state index contributed by atoms with van der Waals surface area (Å²) in [6.45, 7) is 1.71. The minimum atomic E-state index is 0.672. The molecule has 1 aliphatic heterocycles. The molecule has 6 nitrogen and oxygen atoms in total. The number of benzene rings is 2. The van der Waals surface area contributed by atoms with Crippen molar-refractivity contribution < 1.29 is 9.47 Å². The Morgan fingerprint density at radius 1 is 1.00 bits per heavy atom.